The molecule has 0 fully saturated rings. The topological polar surface area (TPSA) is 87.7 Å². The summed E-state index contributed by atoms with van der Waals surface area (Å²) in [5.41, 5.74) is 0.390. The van der Waals surface area contributed by atoms with Gasteiger partial charge in [-0.1, -0.05) is 30.3 Å². The number of carbonyl (C=O) groups is 2. The zero-order chi connectivity index (χ0) is 17.5. The van der Waals surface area contributed by atoms with E-state index in [9.17, 15) is 14.7 Å². The van der Waals surface area contributed by atoms with Crippen LogP contribution in [0.25, 0.3) is 0 Å². The van der Waals surface area contributed by atoms with E-state index in [1.54, 1.807) is 27.7 Å². The minimum absolute atomic E-state index is 0.181. The highest BCUT2D eigenvalue weighted by Gasteiger charge is 2.22. The summed E-state index contributed by atoms with van der Waals surface area (Å²) in [6, 6.07) is 8.40. The van der Waals surface area contributed by atoms with Crippen LogP contribution in [0.1, 0.15) is 33.3 Å². The molecule has 0 radical (unpaired) electrons. The lowest BCUT2D eigenvalue weighted by Gasteiger charge is -2.23. The van der Waals surface area contributed by atoms with Crippen LogP contribution in [0.4, 0.5) is 4.79 Å². The molecule has 0 spiro atoms. The number of aliphatic hydroxyl groups excluding tert-OH is 1. The Kier molecular flexibility index (Phi) is 7.03. The van der Waals surface area contributed by atoms with Gasteiger partial charge in [0.25, 0.3) is 0 Å². The number of ether oxygens (including phenoxy) is 1. The highest BCUT2D eigenvalue weighted by Crippen LogP contribution is 2.07. The molecule has 0 aliphatic rings. The summed E-state index contributed by atoms with van der Waals surface area (Å²) < 4.78 is 5.11. The van der Waals surface area contributed by atoms with E-state index in [2.05, 4.69) is 10.6 Å². The number of rotatable bonds is 6. The van der Waals surface area contributed by atoms with Gasteiger partial charge in [0.1, 0.15) is 11.6 Å². The van der Waals surface area contributed by atoms with Crippen molar-refractivity contribution in [1.29, 1.82) is 0 Å². The molecule has 1 aromatic carbocycles. The normalized spacial score (nSPS) is 13.8. The first-order valence-electron chi connectivity index (χ1n) is 7.66. The van der Waals surface area contributed by atoms with E-state index < -0.39 is 23.8 Å². The first-order chi connectivity index (χ1) is 10.7. The molecule has 0 aliphatic carbocycles. The van der Waals surface area contributed by atoms with Crippen LogP contribution >= 0.6 is 0 Å². The van der Waals surface area contributed by atoms with Crippen LogP contribution in [0, 0.1) is 0 Å². The fourth-order valence-corrected chi connectivity index (χ4v) is 1.94. The molecule has 6 heteroatoms. The first-order valence-corrected chi connectivity index (χ1v) is 7.66. The van der Waals surface area contributed by atoms with Crippen LogP contribution in [0.2, 0.25) is 0 Å². The summed E-state index contributed by atoms with van der Waals surface area (Å²) in [7, 11) is 0. The summed E-state index contributed by atoms with van der Waals surface area (Å²) in [5, 5.41) is 14.6. The third-order valence-electron chi connectivity index (χ3n) is 3.02. The Hall–Kier alpha value is -2.08. The molecule has 0 heterocycles. The number of aliphatic hydroxyl groups is 1. The van der Waals surface area contributed by atoms with Gasteiger partial charge >= 0.3 is 6.09 Å². The Labute approximate surface area is 137 Å². The van der Waals surface area contributed by atoms with Crippen molar-refractivity contribution in [3.05, 3.63) is 35.9 Å². The van der Waals surface area contributed by atoms with Gasteiger partial charge in [-0.2, -0.15) is 0 Å². The average molecular weight is 322 g/mol. The molecule has 2 amide bonds. The van der Waals surface area contributed by atoms with Crippen LogP contribution in [0.5, 0.6) is 0 Å². The van der Waals surface area contributed by atoms with Crippen molar-refractivity contribution in [2.75, 3.05) is 6.61 Å². The summed E-state index contributed by atoms with van der Waals surface area (Å²) in [6.45, 7) is 6.63. The third-order valence-corrected chi connectivity index (χ3v) is 3.02. The zero-order valence-corrected chi connectivity index (χ0v) is 14.1. The van der Waals surface area contributed by atoms with Gasteiger partial charge in [0.2, 0.25) is 5.91 Å². The molecule has 6 nitrogen and oxygen atoms in total. The van der Waals surface area contributed by atoms with Crippen molar-refractivity contribution in [2.24, 2.45) is 0 Å². The first kappa shape index (κ1) is 19.0. The monoisotopic (exact) mass is 322 g/mol. The molecule has 0 saturated carbocycles. The van der Waals surface area contributed by atoms with Crippen LogP contribution in [-0.4, -0.2) is 41.4 Å². The van der Waals surface area contributed by atoms with Crippen molar-refractivity contribution in [3.8, 4) is 0 Å². The van der Waals surface area contributed by atoms with E-state index in [0.717, 1.165) is 5.56 Å². The van der Waals surface area contributed by atoms with Gasteiger partial charge < -0.3 is 20.5 Å². The molecule has 0 aliphatic heterocycles. The predicted molar refractivity (Wildman–Crippen MR) is 88.0 cm³/mol. The molecule has 3 N–H and O–H groups in total. The minimum Gasteiger partial charge on any atom is -0.444 e. The maximum absolute atomic E-state index is 12.1. The molecule has 2 atom stereocenters. The summed E-state index contributed by atoms with van der Waals surface area (Å²) >= 11 is 0. The molecule has 1 unspecified atom stereocenters. The number of nitrogens with one attached hydrogen (secondary N) is 2. The highest BCUT2D eigenvalue weighted by molar-refractivity contribution is 5.85. The van der Waals surface area contributed by atoms with E-state index in [1.807, 2.05) is 30.3 Å². The lowest BCUT2D eigenvalue weighted by Crippen LogP contribution is -2.50. The van der Waals surface area contributed by atoms with Gasteiger partial charge in [-0.15, -0.1) is 0 Å². The Bertz CT molecular complexity index is 511. The fourth-order valence-electron chi connectivity index (χ4n) is 1.94. The number of hydrogen-bond donors (Lipinski definition) is 3. The Morgan fingerprint density at radius 2 is 1.78 bits per heavy atom. The van der Waals surface area contributed by atoms with Crippen LogP contribution < -0.4 is 10.6 Å². The second-order valence-corrected chi connectivity index (χ2v) is 6.45. The average Bonchev–Trinajstić information content (AvgIpc) is 2.45. The molecule has 128 valence electrons. The summed E-state index contributed by atoms with van der Waals surface area (Å²) in [5.74, 6) is -0.370. The second kappa shape index (κ2) is 8.53. The fraction of sp³-hybridized carbons (Fsp3) is 0.529. The van der Waals surface area contributed by atoms with Gasteiger partial charge in [-0.25, -0.2) is 4.79 Å². The molecular formula is C17H26N2O4. The molecule has 1 rings (SSSR count). The number of alkyl carbamates (subject to hydrolysis) is 1. The van der Waals surface area contributed by atoms with Crippen molar-refractivity contribution >= 4 is 12.0 Å². The largest absolute Gasteiger partial charge is 0.444 e. The van der Waals surface area contributed by atoms with Gasteiger partial charge in [0.15, 0.2) is 0 Å². The van der Waals surface area contributed by atoms with E-state index in [1.165, 1.54) is 0 Å². The standard InChI is InChI=1S/C17H26N2O4/c1-12(18-16(22)23-17(2,3)4)15(21)19-14(11-20)10-13-8-6-5-7-9-13/h5-9,12,14,20H,10-11H2,1-4H3,(H,18,22)(H,19,21)/t12-,14?/m0/s1. The quantitative estimate of drug-likeness (QED) is 0.742. The van der Waals surface area contributed by atoms with Crippen molar-refractivity contribution in [2.45, 2.75) is 51.8 Å². The summed E-state index contributed by atoms with van der Waals surface area (Å²) in [4.78, 5) is 23.8. The van der Waals surface area contributed by atoms with Crippen molar-refractivity contribution in [1.82, 2.24) is 10.6 Å². The maximum atomic E-state index is 12.1. The molecule has 0 bridgehead atoms. The van der Waals surface area contributed by atoms with Gasteiger partial charge in [-0.3, -0.25) is 4.79 Å². The van der Waals surface area contributed by atoms with E-state index >= 15 is 0 Å². The van der Waals surface area contributed by atoms with Crippen molar-refractivity contribution in [3.63, 3.8) is 0 Å². The van der Waals surface area contributed by atoms with Crippen LogP contribution in [-0.2, 0) is 16.0 Å². The Balaban J connectivity index is 2.50. The smallest absolute Gasteiger partial charge is 0.408 e. The Morgan fingerprint density at radius 1 is 1.17 bits per heavy atom. The van der Waals surface area contributed by atoms with E-state index in [4.69, 9.17) is 4.74 Å². The number of amides is 2. The summed E-state index contributed by atoms with van der Waals surface area (Å²) in [6.07, 6.45) is -0.133. The SMILES string of the molecule is C[C@H](NC(=O)OC(C)(C)C)C(=O)NC(CO)Cc1ccccc1. The number of hydrogen-bond acceptors (Lipinski definition) is 4. The van der Waals surface area contributed by atoms with Crippen LogP contribution in [0.3, 0.4) is 0 Å². The number of benzene rings is 1. The Morgan fingerprint density at radius 3 is 2.30 bits per heavy atom. The minimum atomic E-state index is -0.755. The molecule has 0 aromatic heterocycles. The predicted octanol–water partition coefficient (Wildman–Crippen LogP) is 1.62. The van der Waals surface area contributed by atoms with Gasteiger partial charge in [0, 0.05) is 0 Å². The molecule has 1 aromatic rings. The van der Waals surface area contributed by atoms with Gasteiger partial charge in [-0.05, 0) is 39.7 Å². The molecule has 23 heavy (non-hydrogen) atoms. The zero-order valence-electron chi connectivity index (χ0n) is 14.1. The number of carbonyl (C=O) groups excluding carboxylic acids is 2. The van der Waals surface area contributed by atoms with Gasteiger partial charge in [0.05, 0.1) is 12.6 Å². The van der Waals surface area contributed by atoms with E-state index in [-0.39, 0.29) is 12.5 Å². The molecule has 0 saturated heterocycles. The lowest BCUT2D eigenvalue weighted by molar-refractivity contribution is -0.123. The van der Waals surface area contributed by atoms with Crippen LogP contribution in [0.15, 0.2) is 30.3 Å². The second-order valence-electron chi connectivity index (χ2n) is 6.45. The van der Waals surface area contributed by atoms with Crippen molar-refractivity contribution < 1.29 is 19.4 Å². The maximum Gasteiger partial charge on any atom is 0.408 e. The third kappa shape index (κ3) is 7.65. The lowest BCUT2D eigenvalue weighted by atomic mass is 10.1. The van der Waals surface area contributed by atoms with E-state index in [0.29, 0.717) is 6.42 Å². The molecular weight excluding hydrogens is 296 g/mol. The highest BCUT2D eigenvalue weighted by atomic mass is 16.6.